The van der Waals surface area contributed by atoms with Crippen LogP contribution in [0.15, 0.2) is 42.5 Å². The summed E-state index contributed by atoms with van der Waals surface area (Å²) in [5, 5.41) is 0. The number of para-hydroxylation sites is 1. The lowest BCUT2D eigenvalue weighted by atomic mass is 10.1. The van der Waals surface area contributed by atoms with Crippen molar-refractivity contribution < 1.29 is 4.74 Å². The fourth-order valence-corrected chi connectivity index (χ4v) is 2.16. The van der Waals surface area contributed by atoms with E-state index in [0.717, 1.165) is 16.9 Å². The second-order valence-electron chi connectivity index (χ2n) is 4.30. The molecule has 18 heavy (non-hydrogen) atoms. The van der Waals surface area contributed by atoms with E-state index in [9.17, 15) is 0 Å². The first-order valence-electron chi connectivity index (χ1n) is 6.00. The molecular weight excluding hydrogens is 220 g/mol. The second kappa shape index (κ2) is 4.53. The van der Waals surface area contributed by atoms with Gasteiger partial charge in [-0.2, -0.15) is 0 Å². The predicted molar refractivity (Wildman–Crippen MR) is 77.3 cm³/mol. The summed E-state index contributed by atoms with van der Waals surface area (Å²) in [4.78, 5) is 0. The van der Waals surface area contributed by atoms with E-state index in [1.165, 1.54) is 11.1 Å². The van der Waals surface area contributed by atoms with Crippen molar-refractivity contribution in [3.8, 4) is 5.75 Å². The molecule has 4 rings (SSSR count). The predicted octanol–water partition coefficient (Wildman–Crippen LogP) is 4.35. The summed E-state index contributed by atoms with van der Waals surface area (Å²) in [7, 11) is 1.72. The van der Waals surface area contributed by atoms with Crippen LogP contribution in [0.4, 0.5) is 0 Å². The summed E-state index contributed by atoms with van der Waals surface area (Å²) in [5.41, 5.74) is 4.59. The van der Waals surface area contributed by atoms with Gasteiger partial charge in [-0.1, -0.05) is 66.8 Å². The Kier molecular flexibility index (Phi) is 2.73. The first-order valence-corrected chi connectivity index (χ1v) is 6.00. The quantitative estimate of drug-likeness (QED) is 0.608. The monoisotopic (exact) mass is 234 g/mol. The lowest BCUT2D eigenvalue weighted by Crippen LogP contribution is -1.90. The highest BCUT2D eigenvalue weighted by Gasteiger charge is 2.05. The normalized spacial score (nSPS) is 15.8. The van der Waals surface area contributed by atoms with Gasteiger partial charge in [-0.25, -0.2) is 0 Å². The molecule has 0 radical (unpaired) electrons. The van der Waals surface area contributed by atoms with Crippen molar-refractivity contribution in [3.63, 3.8) is 0 Å². The van der Waals surface area contributed by atoms with Gasteiger partial charge in [-0.3, -0.25) is 0 Å². The molecule has 2 aliphatic rings. The maximum absolute atomic E-state index is 5.52. The Bertz CT molecular complexity index is 567. The molecule has 0 atom stereocenters. The average Bonchev–Trinajstić information content (AvgIpc) is 2.45. The van der Waals surface area contributed by atoms with E-state index in [1.807, 2.05) is 0 Å². The SMILES string of the molecule is COc1c2cccc1/C=C/c1ccc(cc1)/C=C/2. The molecule has 0 amide bonds. The van der Waals surface area contributed by atoms with E-state index in [2.05, 4.69) is 66.8 Å². The van der Waals surface area contributed by atoms with Crippen molar-refractivity contribution in [2.45, 2.75) is 0 Å². The number of hydrogen-bond acceptors (Lipinski definition) is 1. The van der Waals surface area contributed by atoms with Gasteiger partial charge in [0.25, 0.3) is 0 Å². The summed E-state index contributed by atoms with van der Waals surface area (Å²) in [6.07, 6.45) is 8.40. The molecule has 0 saturated carbocycles. The summed E-state index contributed by atoms with van der Waals surface area (Å²) in [5.74, 6) is 0.924. The Labute approximate surface area is 107 Å². The zero-order chi connectivity index (χ0) is 12.4. The first-order chi connectivity index (χ1) is 8.86. The van der Waals surface area contributed by atoms with Crippen LogP contribution in [0.25, 0.3) is 24.3 Å². The van der Waals surface area contributed by atoms with Gasteiger partial charge >= 0.3 is 0 Å². The van der Waals surface area contributed by atoms with E-state index in [4.69, 9.17) is 4.74 Å². The van der Waals surface area contributed by atoms with Gasteiger partial charge in [0.15, 0.2) is 0 Å². The van der Waals surface area contributed by atoms with Crippen molar-refractivity contribution in [2.75, 3.05) is 7.11 Å². The molecule has 88 valence electrons. The van der Waals surface area contributed by atoms with Gasteiger partial charge in [0.05, 0.1) is 7.11 Å². The van der Waals surface area contributed by atoms with Gasteiger partial charge in [-0.15, -0.1) is 0 Å². The van der Waals surface area contributed by atoms with Crippen molar-refractivity contribution in [3.05, 3.63) is 64.7 Å². The van der Waals surface area contributed by atoms with E-state index in [-0.39, 0.29) is 0 Å². The molecule has 4 bridgehead atoms. The first kappa shape index (κ1) is 10.8. The fraction of sp³-hybridized carbons (Fsp3) is 0.0588. The van der Waals surface area contributed by atoms with Crippen molar-refractivity contribution in [1.29, 1.82) is 0 Å². The number of ether oxygens (including phenoxy) is 1. The van der Waals surface area contributed by atoms with Gasteiger partial charge in [0.2, 0.25) is 0 Å². The Morgan fingerprint density at radius 1 is 0.667 bits per heavy atom. The van der Waals surface area contributed by atoms with Crippen LogP contribution in [0.1, 0.15) is 22.3 Å². The summed E-state index contributed by atoms with van der Waals surface area (Å²) in [6.45, 7) is 0. The second-order valence-corrected chi connectivity index (χ2v) is 4.30. The minimum atomic E-state index is 0.924. The fourth-order valence-electron chi connectivity index (χ4n) is 2.16. The Balaban J connectivity index is 2.25. The summed E-state index contributed by atoms with van der Waals surface area (Å²) < 4.78 is 5.52. The number of fused-ring (bicyclic) bond motifs is 2. The number of hydrogen-bond donors (Lipinski definition) is 0. The highest BCUT2D eigenvalue weighted by molar-refractivity contribution is 5.80. The Morgan fingerprint density at radius 2 is 1.17 bits per heavy atom. The maximum atomic E-state index is 5.52. The van der Waals surface area contributed by atoms with E-state index in [0.29, 0.717) is 0 Å². The minimum absolute atomic E-state index is 0.924. The maximum Gasteiger partial charge on any atom is 0.133 e. The van der Waals surface area contributed by atoms with Crippen LogP contribution in [0.5, 0.6) is 5.75 Å². The Hall–Kier alpha value is -2.28. The van der Waals surface area contributed by atoms with Crippen LogP contribution < -0.4 is 4.74 Å². The number of benzene rings is 2. The standard InChI is InChI=1S/C17H14O/c1-18-17-15-3-2-4-16(17)12-10-14-7-5-13(6-8-14)9-11-15/h2-12H,1H3/b11-9+,12-10+. The molecule has 0 N–H and O–H groups in total. The van der Waals surface area contributed by atoms with Crippen LogP contribution in [-0.4, -0.2) is 7.11 Å². The van der Waals surface area contributed by atoms with Gasteiger partial charge < -0.3 is 4.74 Å². The zero-order valence-corrected chi connectivity index (χ0v) is 10.3. The van der Waals surface area contributed by atoms with Crippen molar-refractivity contribution >= 4 is 24.3 Å². The van der Waals surface area contributed by atoms with E-state index in [1.54, 1.807) is 7.11 Å². The lowest BCUT2D eigenvalue weighted by Gasteiger charge is -2.08. The van der Waals surface area contributed by atoms with Crippen LogP contribution in [0.2, 0.25) is 0 Å². The third-order valence-corrected chi connectivity index (χ3v) is 3.13. The third-order valence-electron chi connectivity index (χ3n) is 3.13. The largest absolute Gasteiger partial charge is 0.496 e. The molecule has 0 aromatic heterocycles. The average molecular weight is 234 g/mol. The molecule has 2 aromatic rings. The minimum Gasteiger partial charge on any atom is -0.496 e. The van der Waals surface area contributed by atoms with Crippen LogP contribution in [0, 0.1) is 0 Å². The molecule has 0 fully saturated rings. The molecular formula is C17H14O. The van der Waals surface area contributed by atoms with Gasteiger partial charge in [-0.05, 0) is 11.1 Å². The third kappa shape index (κ3) is 1.95. The van der Waals surface area contributed by atoms with Crippen molar-refractivity contribution in [2.24, 2.45) is 0 Å². The zero-order valence-electron chi connectivity index (χ0n) is 10.3. The molecule has 0 aliphatic heterocycles. The molecule has 0 saturated heterocycles. The highest BCUT2D eigenvalue weighted by Crippen LogP contribution is 2.28. The molecule has 1 heteroatoms. The van der Waals surface area contributed by atoms with Crippen LogP contribution in [-0.2, 0) is 0 Å². The molecule has 0 unspecified atom stereocenters. The smallest absolute Gasteiger partial charge is 0.133 e. The van der Waals surface area contributed by atoms with Gasteiger partial charge in [0.1, 0.15) is 5.75 Å². The lowest BCUT2D eigenvalue weighted by molar-refractivity contribution is 0.413. The highest BCUT2D eigenvalue weighted by atomic mass is 16.5. The summed E-state index contributed by atoms with van der Waals surface area (Å²) in [6, 6.07) is 14.7. The van der Waals surface area contributed by atoms with Crippen LogP contribution >= 0.6 is 0 Å². The number of rotatable bonds is 1. The number of methoxy groups -OCH3 is 1. The summed E-state index contributed by atoms with van der Waals surface area (Å²) >= 11 is 0. The van der Waals surface area contributed by atoms with Gasteiger partial charge in [0, 0.05) is 11.1 Å². The van der Waals surface area contributed by atoms with E-state index < -0.39 is 0 Å². The van der Waals surface area contributed by atoms with Crippen LogP contribution in [0.3, 0.4) is 0 Å². The molecule has 2 aliphatic carbocycles. The molecule has 0 heterocycles. The molecule has 0 spiro atoms. The Morgan fingerprint density at radius 3 is 1.61 bits per heavy atom. The topological polar surface area (TPSA) is 9.23 Å². The molecule has 2 aromatic carbocycles. The van der Waals surface area contributed by atoms with E-state index >= 15 is 0 Å². The van der Waals surface area contributed by atoms with Crippen molar-refractivity contribution in [1.82, 2.24) is 0 Å². The molecule has 1 nitrogen and oxygen atoms in total.